The zero-order valence-electron chi connectivity index (χ0n) is 10.9. The molecule has 0 radical (unpaired) electrons. The average molecular weight is 272 g/mol. The van der Waals surface area contributed by atoms with Gasteiger partial charge in [0.05, 0.1) is 12.5 Å². The molecule has 0 bridgehead atoms. The van der Waals surface area contributed by atoms with Crippen LogP contribution in [0.1, 0.15) is 32.1 Å². The molecular weight excluding hydrogens is 250 g/mol. The Morgan fingerprint density at radius 3 is 2.61 bits per heavy atom. The van der Waals surface area contributed by atoms with Crippen molar-refractivity contribution in [3.8, 4) is 6.07 Å². The van der Waals surface area contributed by atoms with Crippen LogP contribution in [-0.4, -0.2) is 54.3 Å². The number of nitriles is 1. The first-order valence-corrected chi connectivity index (χ1v) is 7.24. The van der Waals surface area contributed by atoms with Gasteiger partial charge in [-0.15, -0.1) is 11.6 Å². The first-order chi connectivity index (χ1) is 8.77. The zero-order valence-corrected chi connectivity index (χ0v) is 11.7. The number of carbonyl (C=O) groups excluding carboxylic acids is 1. The number of halogens is 1. The van der Waals surface area contributed by atoms with Crippen molar-refractivity contribution >= 4 is 17.5 Å². The number of alkyl halides is 1. The Labute approximate surface area is 114 Å². The quantitative estimate of drug-likeness (QED) is 0.500. The molecule has 0 spiro atoms. The van der Waals surface area contributed by atoms with E-state index in [4.69, 9.17) is 16.9 Å². The molecule has 0 unspecified atom stereocenters. The zero-order chi connectivity index (χ0) is 13.2. The third-order valence-corrected chi connectivity index (χ3v) is 3.54. The Morgan fingerprint density at radius 2 is 2.00 bits per heavy atom. The molecule has 0 aromatic heterocycles. The molecule has 0 aromatic carbocycles. The van der Waals surface area contributed by atoms with Gasteiger partial charge in [-0.25, -0.2) is 0 Å². The fraction of sp³-hybridized carbons (Fsp3) is 0.846. The molecule has 0 N–H and O–H groups in total. The number of hydrogen-bond donors (Lipinski definition) is 0. The van der Waals surface area contributed by atoms with Gasteiger partial charge in [-0.2, -0.15) is 5.26 Å². The van der Waals surface area contributed by atoms with Gasteiger partial charge in [0.25, 0.3) is 0 Å². The van der Waals surface area contributed by atoms with Crippen LogP contribution in [0.3, 0.4) is 0 Å². The van der Waals surface area contributed by atoms with Crippen molar-refractivity contribution < 1.29 is 4.79 Å². The van der Waals surface area contributed by atoms with Crippen molar-refractivity contribution in [3.63, 3.8) is 0 Å². The first-order valence-electron chi connectivity index (χ1n) is 6.71. The summed E-state index contributed by atoms with van der Waals surface area (Å²) in [5.41, 5.74) is 0. The Balaban J connectivity index is 2.15. The van der Waals surface area contributed by atoms with Crippen LogP contribution >= 0.6 is 11.6 Å². The second-order valence-electron chi connectivity index (χ2n) is 4.68. The number of amides is 1. The van der Waals surface area contributed by atoms with E-state index < -0.39 is 0 Å². The van der Waals surface area contributed by atoms with Crippen LogP contribution in [0.4, 0.5) is 0 Å². The predicted molar refractivity (Wildman–Crippen MR) is 72.4 cm³/mol. The van der Waals surface area contributed by atoms with E-state index in [1.165, 1.54) is 25.9 Å². The van der Waals surface area contributed by atoms with Gasteiger partial charge in [0.2, 0.25) is 5.91 Å². The molecule has 1 rings (SSSR count). The summed E-state index contributed by atoms with van der Waals surface area (Å²) >= 11 is 5.56. The summed E-state index contributed by atoms with van der Waals surface area (Å²) in [5, 5.41) is 8.56. The molecule has 1 heterocycles. The topological polar surface area (TPSA) is 47.3 Å². The molecule has 1 fully saturated rings. The molecule has 1 aliphatic rings. The lowest BCUT2D eigenvalue weighted by molar-refractivity contribution is -0.128. The van der Waals surface area contributed by atoms with E-state index in [0.29, 0.717) is 13.0 Å². The third kappa shape index (κ3) is 5.70. The maximum absolute atomic E-state index is 11.5. The largest absolute Gasteiger partial charge is 0.341 e. The van der Waals surface area contributed by atoms with Crippen molar-refractivity contribution in [1.29, 1.82) is 5.26 Å². The van der Waals surface area contributed by atoms with E-state index in [0.717, 1.165) is 25.9 Å². The van der Waals surface area contributed by atoms with Gasteiger partial charge < -0.3 is 9.80 Å². The smallest absolute Gasteiger partial charge is 0.237 e. The fourth-order valence-corrected chi connectivity index (χ4v) is 2.44. The number of unbranched alkanes of at least 4 members (excludes halogenated alkanes) is 1. The summed E-state index contributed by atoms with van der Waals surface area (Å²) < 4.78 is 0. The Kier molecular flexibility index (Phi) is 7.79. The van der Waals surface area contributed by atoms with Gasteiger partial charge in [-0.1, -0.05) is 0 Å². The minimum absolute atomic E-state index is 0.0115. The van der Waals surface area contributed by atoms with Gasteiger partial charge in [0.15, 0.2) is 0 Å². The summed E-state index contributed by atoms with van der Waals surface area (Å²) in [6, 6.07) is 2.07. The van der Waals surface area contributed by atoms with E-state index in [-0.39, 0.29) is 11.8 Å². The van der Waals surface area contributed by atoms with Gasteiger partial charge in [-0.05, 0) is 45.3 Å². The molecular formula is C13H22ClN3O. The first kappa shape index (κ1) is 15.3. The van der Waals surface area contributed by atoms with Crippen molar-refractivity contribution in [1.82, 2.24) is 9.80 Å². The van der Waals surface area contributed by atoms with Crippen LogP contribution in [0.5, 0.6) is 0 Å². The minimum atomic E-state index is -0.0620. The van der Waals surface area contributed by atoms with Gasteiger partial charge in [0.1, 0.15) is 5.88 Å². The Bertz CT molecular complexity index is 284. The highest BCUT2D eigenvalue weighted by molar-refractivity contribution is 6.27. The molecule has 1 amide bonds. The third-order valence-electron chi connectivity index (χ3n) is 3.31. The van der Waals surface area contributed by atoms with Crippen LogP contribution < -0.4 is 0 Å². The molecule has 5 heteroatoms. The Morgan fingerprint density at radius 1 is 1.28 bits per heavy atom. The molecule has 0 aromatic rings. The fourth-order valence-electron chi connectivity index (χ4n) is 2.27. The highest BCUT2D eigenvalue weighted by atomic mass is 35.5. The van der Waals surface area contributed by atoms with E-state index in [1.54, 1.807) is 4.90 Å². The van der Waals surface area contributed by atoms with Crippen molar-refractivity contribution in [3.05, 3.63) is 0 Å². The van der Waals surface area contributed by atoms with E-state index in [2.05, 4.69) is 11.0 Å². The van der Waals surface area contributed by atoms with Gasteiger partial charge in [-0.3, -0.25) is 4.79 Å². The lowest BCUT2D eigenvalue weighted by Gasteiger charge is -2.21. The van der Waals surface area contributed by atoms with Crippen LogP contribution in [0.2, 0.25) is 0 Å². The van der Waals surface area contributed by atoms with Crippen molar-refractivity contribution in [2.24, 2.45) is 0 Å². The monoisotopic (exact) mass is 271 g/mol. The van der Waals surface area contributed by atoms with E-state index >= 15 is 0 Å². The molecule has 0 atom stereocenters. The number of rotatable bonds is 8. The van der Waals surface area contributed by atoms with Gasteiger partial charge in [0, 0.05) is 13.1 Å². The summed E-state index contributed by atoms with van der Waals surface area (Å²) in [5.74, 6) is -0.0505. The lowest BCUT2D eigenvalue weighted by atomic mass is 10.2. The highest BCUT2D eigenvalue weighted by Gasteiger charge is 2.13. The van der Waals surface area contributed by atoms with Crippen LogP contribution in [-0.2, 0) is 4.79 Å². The lowest BCUT2D eigenvalue weighted by Crippen LogP contribution is -2.34. The van der Waals surface area contributed by atoms with Crippen LogP contribution in [0.15, 0.2) is 0 Å². The number of nitrogens with zero attached hydrogens (tertiary/aromatic N) is 3. The van der Waals surface area contributed by atoms with Crippen molar-refractivity contribution in [2.75, 3.05) is 38.6 Å². The molecule has 1 saturated heterocycles. The molecule has 1 aliphatic heterocycles. The molecule has 18 heavy (non-hydrogen) atoms. The van der Waals surface area contributed by atoms with Crippen molar-refractivity contribution in [2.45, 2.75) is 32.1 Å². The standard InChI is InChI=1S/C13H22ClN3O/c14-12-13(18)17(11-5-6-15)10-4-3-9-16-7-1-2-8-16/h1-5,7-12H2. The minimum Gasteiger partial charge on any atom is -0.341 e. The molecule has 4 nitrogen and oxygen atoms in total. The maximum atomic E-state index is 11.5. The summed E-state index contributed by atoms with van der Waals surface area (Å²) in [4.78, 5) is 15.7. The number of hydrogen-bond acceptors (Lipinski definition) is 3. The summed E-state index contributed by atoms with van der Waals surface area (Å²) in [7, 11) is 0. The Hall–Kier alpha value is -0.790. The molecule has 0 aliphatic carbocycles. The highest BCUT2D eigenvalue weighted by Crippen LogP contribution is 2.08. The number of carbonyl (C=O) groups is 1. The summed E-state index contributed by atoms with van der Waals surface area (Å²) in [6.07, 6.45) is 5.12. The van der Waals surface area contributed by atoms with E-state index in [9.17, 15) is 4.79 Å². The predicted octanol–water partition coefficient (Wildman–Crippen LogP) is 1.84. The second kappa shape index (κ2) is 9.18. The molecule has 102 valence electrons. The maximum Gasteiger partial charge on any atom is 0.237 e. The van der Waals surface area contributed by atoms with Gasteiger partial charge >= 0.3 is 0 Å². The SMILES string of the molecule is N#CCCN(CCCCN1CCCC1)C(=O)CCl. The molecule has 0 saturated carbocycles. The second-order valence-corrected chi connectivity index (χ2v) is 4.95. The average Bonchev–Trinajstić information content (AvgIpc) is 2.90. The van der Waals surface area contributed by atoms with Crippen LogP contribution in [0.25, 0.3) is 0 Å². The van der Waals surface area contributed by atoms with E-state index in [1.807, 2.05) is 0 Å². The normalized spacial score (nSPS) is 15.6. The number of likely N-dealkylation sites (tertiary alicyclic amines) is 1. The summed E-state index contributed by atoms with van der Waals surface area (Å²) in [6.45, 7) is 4.80. The van der Waals surface area contributed by atoms with Crippen LogP contribution in [0, 0.1) is 11.3 Å².